The first kappa shape index (κ1) is 24.0. The average Bonchev–Trinajstić information content (AvgIpc) is 3.11. The van der Waals surface area contributed by atoms with E-state index in [9.17, 15) is 9.18 Å². The fraction of sp³-hybridized carbons (Fsp3) is 0.429. The summed E-state index contributed by atoms with van der Waals surface area (Å²) < 4.78 is 16.0. The normalized spacial score (nSPS) is 20.9. The minimum atomic E-state index is -0.191. The number of hydrogen-bond acceptors (Lipinski definition) is 3. The van der Waals surface area contributed by atoms with Gasteiger partial charge in [0.1, 0.15) is 0 Å². The number of fused-ring (bicyclic) bond motifs is 3. The van der Waals surface area contributed by atoms with E-state index in [0.29, 0.717) is 6.54 Å². The summed E-state index contributed by atoms with van der Waals surface area (Å²) in [5.41, 5.74) is 10.00. The maximum absolute atomic E-state index is 13.7. The standard InChI is InChI=1S/C28H35FN4O/c1-6-20(13-18(4)29)16-33-26-11-8-21(25-10-7-19(5)31-32-25)14-23(26)24-15-22(9-12-27(24)33)30-28(34)17(2)3/h6-8,10-11,13-14,17,22,25,32H,9,12,15-16H2,1-5H3,(H,30,34)/b18-13+,20-6+. The highest BCUT2D eigenvalue weighted by atomic mass is 19.1. The molecule has 0 spiro atoms. The van der Waals surface area contributed by atoms with Crippen LogP contribution in [0, 0.1) is 5.92 Å². The van der Waals surface area contributed by atoms with Gasteiger partial charge in [-0.2, -0.15) is 5.10 Å². The molecule has 0 saturated carbocycles. The molecule has 4 rings (SSSR count). The van der Waals surface area contributed by atoms with E-state index in [1.165, 1.54) is 23.6 Å². The smallest absolute Gasteiger partial charge is 0.222 e. The number of hydrazone groups is 1. The first-order valence-electron chi connectivity index (χ1n) is 12.2. The van der Waals surface area contributed by atoms with Gasteiger partial charge in [0.05, 0.1) is 17.6 Å². The highest BCUT2D eigenvalue weighted by molar-refractivity contribution is 5.93. The molecule has 2 unspecified atom stereocenters. The molecule has 34 heavy (non-hydrogen) atoms. The van der Waals surface area contributed by atoms with Gasteiger partial charge in [-0.15, -0.1) is 0 Å². The molecule has 2 heterocycles. The van der Waals surface area contributed by atoms with Gasteiger partial charge in [-0.3, -0.25) is 10.2 Å². The summed E-state index contributed by atoms with van der Waals surface area (Å²) in [6.07, 6.45) is 10.3. The molecule has 1 aliphatic heterocycles. The highest BCUT2D eigenvalue weighted by Gasteiger charge is 2.27. The Hall–Kier alpha value is -3.15. The van der Waals surface area contributed by atoms with Crippen molar-refractivity contribution in [1.29, 1.82) is 0 Å². The zero-order chi connectivity index (χ0) is 24.4. The van der Waals surface area contributed by atoms with E-state index in [0.717, 1.165) is 41.6 Å². The first-order valence-corrected chi connectivity index (χ1v) is 12.2. The predicted octanol–water partition coefficient (Wildman–Crippen LogP) is 5.67. The number of hydrogen-bond donors (Lipinski definition) is 2. The van der Waals surface area contributed by atoms with Crippen LogP contribution in [0.2, 0.25) is 0 Å². The molecular weight excluding hydrogens is 427 g/mol. The van der Waals surface area contributed by atoms with Crippen molar-refractivity contribution in [2.75, 3.05) is 0 Å². The Balaban J connectivity index is 1.76. The number of aromatic nitrogens is 1. The van der Waals surface area contributed by atoms with Crippen LogP contribution in [-0.2, 0) is 24.2 Å². The van der Waals surface area contributed by atoms with Gasteiger partial charge < -0.3 is 9.88 Å². The van der Waals surface area contributed by atoms with E-state index in [-0.39, 0.29) is 29.7 Å². The number of rotatable bonds is 6. The number of nitrogens with zero attached hydrogens (tertiary/aromatic N) is 2. The lowest BCUT2D eigenvalue weighted by atomic mass is 9.90. The van der Waals surface area contributed by atoms with Crippen molar-refractivity contribution in [2.24, 2.45) is 11.0 Å². The van der Waals surface area contributed by atoms with Gasteiger partial charge >= 0.3 is 0 Å². The van der Waals surface area contributed by atoms with Crippen molar-refractivity contribution < 1.29 is 9.18 Å². The van der Waals surface area contributed by atoms with Crippen LogP contribution in [0.1, 0.15) is 63.9 Å². The van der Waals surface area contributed by atoms with E-state index in [1.807, 2.05) is 39.8 Å². The van der Waals surface area contributed by atoms with Crippen LogP contribution in [0.5, 0.6) is 0 Å². The molecule has 5 nitrogen and oxygen atoms in total. The number of halogens is 1. The Morgan fingerprint density at radius 3 is 2.82 bits per heavy atom. The molecule has 1 aliphatic carbocycles. The van der Waals surface area contributed by atoms with Crippen molar-refractivity contribution in [1.82, 2.24) is 15.3 Å². The van der Waals surface area contributed by atoms with Crippen LogP contribution < -0.4 is 10.7 Å². The van der Waals surface area contributed by atoms with Crippen molar-refractivity contribution in [3.05, 3.63) is 70.7 Å². The van der Waals surface area contributed by atoms with Crippen molar-refractivity contribution in [2.45, 2.75) is 72.5 Å². The lowest BCUT2D eigenvalue weighted by Crippen LogP contribution is -2.41. The molecule has 2 aromatic rings. The summed E-state index contributed by atoms with van der Waals surface area (Å²) in [7, 11) is 0. The number of nitrogens with one attached hydrogen (secondary N) is 2. The molecule has 0 radical (unpaired) electrons. The van der Waals surface area contributed by atoms with Gasteiger partial charge in [0.15, 0.2) is 0 Å². The summed E-state index contributed by atoms with van der Waals surface area (Å²) >= 11 is 0. The molecular formula is C28H35FN4O. The quantitative estimate of drug-likeness (QED) is 0.544. The molecule has 0 fully saturated rings. The van der Waals surface area contributed by atoms with Crippen molar-refractivity contribution >= 4 is 22.5 Å². The predicted molar refractivity (Wildman–Crippen MR) is 137 cm³/mol. The highest BCUT2D eigenvalue weighted by Crippen LogP contribution is 2.35. The summed E-state index contributed by atoms with van der Waals surface area (Å²) in [6.45, 7) is 9.88. The molecule has 0 bridgehead atoms. The van der Waals surface area contributed by atoms with Crippen LogP contribution in [0.3, 0.4) is 0 Å². The Morgan fingerprint density at radius 2 is 2.18 bits per heavy atom. The van der Waals surface area contributed by atoms with Gasteiger partial charge in [0, 0.05) is 35.1 Å². The second kappa shape index (κ2) is 10.00. The lowest BCUT2D eigenvalue weighted by molar-refractivity contribution is -0.124. The fourth-order valence-electron chi connectivity index (χ4n) is 4.86. The third kappa shape index (κ3) is 5.01. The summed E-state index contributed by atoms with van der Waals surface area (Å²) in [4.78, 5) is 12.4. The van der Waals surface area contributed by atoms with E-state index < -0.39 is 0 Å². The van der Waals surface area contributed by atoms with E-state index in [4.69, 9.17) is 0 Å². The van der Waals surface area contributed by atoms with Crippen LogP contribution in [0.4, 0.5) is 4.39 Å². The zero-order valence-corrected chi connectivity index (χ0v) is 20.8. The number of carbonyl (C=O) groups is 1. The van der Waals surface area contributed by atoms with Crippen molar-refractivity contribution in [3.8, 4) is 0 Å². The van der Waals surface area contributed by atoms with Crippen LogP contribution in [0.25, 0.3) is 10.9 Å². The molecule has 1 aromatic carbocycles. The summed E-state index contributed by atoms with van der Waals surface area (Å²) in [6, 6.07) is 6.72. The van der Waals surface area contributed by atoms with E-state index in [2.05, 4.69) is 44.7 Å². The van der Waals surface area contributed by atoms with Gasteiger partial charge in [-0.25, -0.2) is 4.39 Å². The Kier molecular flexibility index (Phi) is 7.05. The second-order valence-corrected chi connectivity index (χ2v) is 9.70. The summed E-state index contributed by atoms with van der Waals surface area (Å²) in [5.74, 6) is -0.124. The minimum Gasteiger partial charge on any atom is -0.353 e. The number of carbonyl (C=O) groups excluding carboxylic acids is 1. The molecule has 1 amide bonds. The maximum atomic E-state index is 13.7. The topological polar surface area (TPSA) is 58.4 Å². The lowest BCUT2D eigenvalue weighted by Gasteiger charge is -2.26. The van der Waals surface area contributed by atoms with Gasteiger partial charge in [0.2, 0.25) is 5.91 Å². The Bertz CT molecular complexity index is 1210. The molecule has 0 saturated heterocycles. The Morgan fingerprint density at radius 1 is 1.38 bits per heavy atom. The summed E-state index contributed by atoms with van der Waals surface area (Å²) in [5, 5.41) is 8.81. The third-order valence-electron chi connectivity index (χ3n) is 6.73. The van der Waals surface area contributed by atoms with E-state index in [1.54, 1.807) is 6.08 Å². The van der Waals surface area contributed by atoms with Gasteiger partial charge in [0.25, 0.3) is 0 Å². The first-order chi connectivity index (χ1) is 16.3. The molecule has 2 atom stereocenters. The third-order valence-corrected chi connectivity index (χ3v) is 6.73. The average molecular weight is 463 g/mol. The Labute approximate surface area is 201 Å². The van der Waals surface area contributed by atoms with Crippen LogP contribution >= 0.6 is 0 Å². The number of amides is 1. The molecule has 6 heteroatoms. The number of benzene rings is 1. The maximum Gasteiger partial charge on any atom is 0.222 e. The van der Waals surface area contributed by atoms with Gasteiger partial charge in [-0.05, 0) is 81.0 Å². The molecule has 180 valence electrons. The largest absolute Gasteiger partial charge is 0.353 e. The van der Waals surface area contributed by atoms with Gasteiger partial charge in [-0.1, -0.05) is 32.1 Å². The molecule has 2 aliphatic rings. The molecule has 1 aromatic heterocycles. The molecule has 2 N–H and O–H groups in total. The monoisotopic (exact) mass is 462 g/mol. The SMILES string of the molecule is C/C=C(\C=C(/C)F)Cn1c2c(c3cc(C4C=CC(C)=NN4)ccc31)CC(NC(=O)C(C)C)CC2. The van der Waals surface area contributed by atoms with Crippen molar-refractivity contribution in [3.63, 3.8) is 0 Å². The second-order valence-electron chi connectivity index (χ2n) is 9.70. The zero-order valence-electron chi connectivity index (χ0n) is 20.8. The van der Waals surface area contributed by atoms with Crippen LogP contribution in [-0.4, -0.2) is 22.2 Å². The number of allylic oxidation sites excluding steroid dienone is 5. The fourth-order valence-corrected chi connectivity index (χ4v) is 4.86. The van der Waals surface area contributed by atoms with E-state index >= 15 is 0 Å². The minimum absolute atomic E-state index is 0.0235. The van der Waals surface area contributed by atoms with Crippen LogP contribution in [0.15, 0.2) is 59.0 Å².